The van der Waals surface area contributed by atoms with Gasteiger partial charge in [-0.25, -0.2) is 4.79 Å². The second-order valence-electron chi connectivity index (χ2n) is 3.84. The third kappa shape index (κ3) is 2.38. The first-order valence-electron chi connectivity index (χ1n) is 5.49. The largest absolute Gasteiger partial charge is 0.497 e. The highest BCUT2D eigenvalue weighted by molar-refractivity contribution is 7.17. The number of methoxy groups -OCH3 is 2. The first-order valence-corrected chi connectivity index (χ1v) is 6.30. The van der Waals surface area contributed by atoms with Crippen molar-refractivity contribution in [3.05, 3.63) is 40.8 Å². The maximum Gasteiger partial charge on any atom is 0.348 e. The van der Waals surface area contributed by atoms with E-state index in [9.17, 15) is 4.79 Å². The molecule has 0 bridgehead atoms. The lowest BCUT2D eigenvalue weighted by Gasteiger charge is -2.02. The predicted molar refractivity (Wildman–Crippen MR) is 72.4 cm³/mol. The van der Waals surface area contributed by atoms with Crippen molar-refractivity contribution in [2.45, 2.75) is 6.92 Å². The van der Waals surface area contributed by atoms with Crippen LogP contribution in [0.2, 0.25) is 0 Å². The summed E-state index contributed by atoms with van der Waals surface area (Å²) in [7, 11) is 3.03. The van der Waals surface area contributed by atoms with Crippen LogP contribution < -0.4 is 4.74 Å². The maximum absolute atomic E-state index is 11.5. The minimum absolute atomic E-state index is 0.289. The Kier molecular flexibility index (Phi) is 3.67. The van der Waals surface area contributed by atoms with E-state index in [1.807, 2.05) is 37.3 Å². The molecule has 0 radical (unpaired) electrons. The summed E-state index contributed by atoms with van der Waals surface area (Å²) in [5.41, 5.74) is 2.15. The van der Waals surface area contributed by atoms with E-state index in [1.165, 1.54) is 18.4 Å². The van der Waals surface area contributed by atoms with Gasteiger partial charge in [0.1, 0.15) is 10.6 Å². The second-order valence-corrected chi connectivity index (χ2v) is 4.90. The number of hydrogen-bond acceptors (Lipinski definition) is 4. The van der Waals surface area contributed by atoms with Crippen molar-refractivity contribution in [3.63, 3.8) is 0 Å². The lowest BCUT2D eigenvalue weighted by atomic mass is 10.1. The van der Waals surface area contributed by atoms with Crippen LogP contribution in [0.25, 0.3) is 10.4 Å². The van der Waals surface area contributed by atoms with Crippen LogP contribution in [0.4, 0.5) is 0 Å². The van der Waals surface area contributed by atoms with Crippen molar-refractivity contribution in [1.82, 2.24) is 0 Å². The molecule has 18 heavy (non-hydrogen) atoms. The van der Waals surface area contributed by atoms with E-state index in [4.69, 9.17) is 9.47 Å². The van der Waals surface area contributed by atoms with Crippen LogP contribution in [-0.4, -0.2) is 20.2 Å². The minimum atomic E-state index is -0.289. The zero-order valence-corrected chi connectivity index (χ0v) is 11.3. The molecule has 0 aliphatic carbocycles. The lowest BCUT2D eigenvalue weighted by molar-refractivity contribution is 0.0606. The molecule has 94 valence electrons. The summed E-state index contributed by atoms with van der Waals surface area (Å²) in [5.74, 6) is 0.531. The lowest BCUT2D eigenvalue weighted by Crippen LogP contribution is -1.96. The summed E-state index contributed by atoms with van der Waals surface area (Å²) < 4.78 is 9.85. The molecule has 4 heteroatoms. The number of carbonyl (C=O) groups excluding carboxylic acids is 1. The van der Waals surface area contributed by atoms with Gasteiger partial charge in [-0.15, -0.1) is 11.3 Å². The van der Waals surface area contributed by atoms with Crippen molar-refractivity contribution in [3.8, 4) is 16.2 Å². The van der Waals surface area contributed by atoms with Gasteiger partial charge in [0, 0.05) is 4.88 Å². The Morgan fingerprint density at radius 3 is 2.39 bits per heavy atom. The fourth-order valence-corrected chi connectivity index (χ4v) is 2.81. The summed E-state index contributed by atoms with van der Waals surface area (Å²) in [6, 6.07) is 9.64. The van der Waals surface area contributed by atoms with Crippen molar-refractivity contribution in [2.75, 3.05) is 14.2 Å². The van der Waals surface area contributed by atoms with Crippen LogP contribution in [0.15, 0.2) is 30.3 Å². The molecule has 2 aromatic rings. The van der Waals surface area contributed by atoms with Crippen LogP contribution in [0.1, 0.15) is 15.2 Å². The molecule has 0 unspecified atom stereocenters. The molecule has 0 atom stereocenters. The van der Waals surface area contributed by atoms with Gasteiger partial charge in [0.05, 0.1) is 14.2 Å². The van der Waals surface area contributed by atoms with Crippen molar-refractivity contribution >= 4 is 17.3 Å². The molecule has 1 aromatic carbocycles. The first-order chi connectivity index (χ1) is 8.65. The van der Waals surface area contributed by atoms with Crippen LogP contribution in [0.5, 0.6) is 5.75 Å². The SMILES string of the molecule is COC(=O)c1cc(C)c(-c2ccc(OC)cc2)s1. The van der Waals surface area contributed by atoms with E-state index in [1.54, 1.807) is 7.11 Å². The van der Waals surface area contributed by atoms with Gasteiger partial charge in [-0.2, -0.15) is 0 Å². The molecule has 0 saturated heterocycles. The molecule has 0 spiro atoms. The van der Waals surface area contributed by atoms with Gasteiger partial charge in [-0.1, -0.05) is 0 Å². The van der Waals surface area contributed by atoms with Gasteiger partial charge in [0.25, 0.3) is 0 Å². The number of ether oxygens (including phenoxy) is 2. The fraction of sp³-hybridized carbons (Fsp3) is 0.214. The summed E-state index contributed by atoms with van der Waals surface area (Å²) in [6.45, 7) is 1.99. The Labute approximate surface area is 110 Å². The Morgan fingerprint density at radius 1 is 1.17 bits per heavy atom. The number of benzene rings is 1. The zero-order valence-electron chi connectivity index (χ0n) is 10.5. The van der Waals surface area contributed by atoms with Crippen LogP contribution >= 0.6 is 11.3 Å². The predicted octanol–water partition coefficient (Wildman–Crippen LogP) is 3.52. The highest BCUT2D eigenvalue weighted by Crippen LogP contribution is 2.33. The molecule has 0 fully saturated rings. The normalized spacial score (nSPS) is 10.2. The van der Waals surface area contributed by atoms with Gasteiger partial charge in [-0.05, 0) is 48.4 Å². The molecule has 1 aromatic heterocycles. The highest BCUT2D eigenvalue weighted by Gasteiger charge is 2.13. The average Bonchev–Trinajstić information content (AvgIpc) is 2.80. The molecular formula is C14H14O3S. The van der Waals surface area contributed by atoms with Crippen molar-refractivity contribution < 1.29 is 14.3 Å². The monoisotopic (exact) mass is 262 g/mol. The quantitative estimate of drug-likeness (QED) is 0.794. The van der Waals surface area contributed by atoms with Crippen molar-refractivity contribution in [1.29, 1.82) is 0 Å². The van der Waals surface area contributed by atoms with Gasteiger partial charge in [0.15, 0.2) is 0 Å². The molecule has 1 heterocycles. The number of esters is 1. The maximum atomic E-state index is 11.5. The molecule has 0 amide bonds. The summed E-state index contributed by atoms with van der Waals surface area (Å²) >= 11 is 1.44. The van der Waals surface area contributed by atoms with E-state index < -0.39 is 0 Å². The molecule has 0 aliphatic rings. The Balaban J connectivity index is 2.37. The molecule has 0 aliphatic heterocycles. The number of rotatable bonds is 3. The summed E-state index contributed by atoms with van der Waals surface area (Å²) in [4.78, 5) is 13.2. The van der Waals surface area contributed by atoms with E-state index in [0.29, 0.717) is 4.88 Å². The number of thiophene rings is 1. The topological polar surface area (TPSA) is 35.5 Å². The van der Waals surface area contributed by atoms with Crippen molar-refractivity contribution in [2.24, 2.45) is 0 Å². The van der Waals surface area contributed by atoms with Gasteiger partial charge in [0.2, 0.25) is 0 Å². The average molecular weight is 262 g/mol. The van der Waals surface area contributed by atoms with E-state index in [0.717, 1.165) is 21.8 Å². The standard InChI is InChI=1S/C14H14O3S/c1-9-8-12(14(15)17-3)18-13(9)10-4-6-11(16-2)7-5-10/h4-8H,1-3H3. The summed E-state index contributed by atoms with van der Waals surface area (Å²) in [5, 5.41) is 0. The molecule has 0 N–H and O–H groups in total. The third-order valence-corrected chi connectivity index (χ3v) is 3.92. The summed E-state index contributed by atoms with van der Waals surface area (Å²) in [6.07, 6.45) is 0. The molecule has 3 nitrogen and oxygen atoms in total. The number of aryl methyl sites for hydroxylation is 1. The molecule has 0 saturated carbocycles. The van der Waals surface area contributed by atoms with Gasteiger partial charge in [-0.3, -0.25) is 0 Å². The van der Waals surface area contributed by atoms with Crippen LogP contribution in [0.3, 0.4) is 0 Å². The Bertz CT molecular complexity index is 555. The number of hydrogen-bond donors (Lipinski definition) is 0. The van der Waals surface area contributed by atoms with E-state index in [2.05, 4.69) is 0 Å². The zero-order chi connectivity index (χ0) is 13.1. The highest BCUT2D eigenvalue weighted by atomic mass is 32.1. The fourth-order valence-electron chi connectivity index (χ4n) is 1.71. The van der Waals surface area contributed by atoms with Gasteiger partial charge < -0.3 is 9.47 Å². The first kappa shape index (κ1) is 12.6. The molecule has 2 rings (SSSR count). The van der Waals surface area contributed by atoms with Crippen LogP contribution in [0, 0.1) is 6.92 Å². The van der Waals surface area contributed by atoms with E-state index in [-0.39, 0.29) is 5.97 Å². The van der Waals surface area contributed by atoms with E-state index >= 15 is 0 Å². The Morgan fingerprint density at radius 2 is 1.83 bits per heavy atom. The third-order valence-electron chi connectivity index (χ3n) is 2.66. The Hall–Kier alpha value is -1.81. The smallest absolute Gasteiger partial charge is 0.348 e. The van der Waals surface area contributed by atoms with Gasteiger partial charge >= 0.3 is 5.97 Å². The second kappa shape index (κ2) is 5.23. The number of carbonyl (C=O) groups is 1. The molecular weight excluding hydrogens is 248 g/mol. The minimum Gasteiger partial charge on any atom is -0.497 e. The van der Waals surface area contributed by atoms with Crippen LogP contribution in [-0.2, 0) is 4.74 Å².